The van der Waals surface area contributed by atoms with E-state index in [9.17, 15) is 0 Å². The van der Waals surface area contributed by atoms with Crippen LogP contribution in [0.4, 0.5) is 0 Å². The van der Waals surface area contributed by atoms with Crippen LogP contribution >= 0.6 is 24.0 Å². The Morgan fingerprint density at radius 3 is 2.38 bits per heavy atom. The highest BCUT2D eigenvalue weighted by atomic mass is 127. The number of aromatic nitrogens is 2. The summed E-state index contributed by atoms with van der Waals surface area (Å²) in [5, 5.41) is 10.3. The minimum Gasteiger partial charge on any atom is -0.357 e. The van der Waals surface area contributed by atoms with Crippen molar-refractivity contribution in [3.05, 3.63) is 11.7 Å². The van der Waals surface area contributed by atoms with Crippen LogP contribution < -0.4 is 10.6 Å². The fourth-order valence-corrected chi connectivity index (χ4v) is 2.47. The van der Waals surface area contributed by atoms with Crippen LogP contribution in [-0.4, -0.2) is 52.7 Å². The van der Waals surface area contributed by atoms with Crippen molar-refractivity contribution in [1.82, 2.24) is 25.7 Å². The summed E-state index contributed by atoms with van der Waals surface area (Å²) in [5.74, 6) is 1.95. The van der Waals surface area contributed by atoms with E-state index in [1.54, 1.807) is 6.92 Å². The molecule has 0 aliphatic heterocycles. The lowest BCUT2D eigenvalue weighted by atomic mass is 10.2. The number of nitrogens with one attached hydrogen (secondary N) is 2. The fourth-order valence-electron chi connectivity index (χ4n) is 2.47. The summed E-state index contributed by atoms with van der Waals surface area (Å²) in [6, 6.07) is 1.13. The zero-order valence-electron chi connectivity index (χ0n) is 15.8. The van der Waals surface area contributed by atoms with Gasteiger partial charge in [0.1, 0.15) is 6.54 Å². The second-order valence-corrected chi connectivity index (χ2v) is 6.14. The van der Waals surface area contributed by atoms with Crippen LogP contribution in [0.3, 0.4) is 0 Å². The Bertz CT molecular complexity index is 467. The first-order chi connectivity index (χ1) is 10.9. The molecule has 0 aliphatic carbocycles. The Morgan fingerprint density at radius 1 is 1.21 bits per heavy atom. The SMILES string of the molecule is CCNC(=NCc1nc(C)no1)NCCCN(C(C)C)C(C)C.I. The second kappa shape index (κ2) is 12.5. The number of halogens is 1. The predicted molar refractivity (Wildman–Crippen MR) is 109 cm³/mol. The van der Waals surface area contributed by atoms with Crippen LogP contribution in [0.1, 0.15) is 52.8 Å². The zero-order valence-corrected chi connectivity index (χ0v) is 18.1. The standard InChI is InChI=1S/C16H32N6O.HI/c1-7-17-16(19-11-15-20-14(6)21-23-15)18-9-8-10-22(12(2)3)13(4)5;/h12-13H,7-11H2,1-6H3,(H2,17,18,19);1H. The smallest absolute Gasteiger partial charge is 0.248 e. The first kappa shape index (κ1) is 23.1. The third-order valence-electron chi connectivity index (χ3n) is 3.50. The number of aliphatic imine (C=N–C) groups is 1. The summed E-state index contributed by atoms with van der Waals surface area (Å²) >= 11 is 0. The van der Waals surface area contributed by atoms with E-state index >= 15 is 0 Å². The Balaban J connectivity index is 0.00000529. The molecule has 0 saturated heterocycles. The topological polar surface area (TPSA) is 78.6 Å². The number of hydrogen-bond acceptors (Lipinski definition) is 5. The van der Waals surface area contributed by atoms with Gasteiger partial charge in [-0.2, -0.15) is 4.98 Å². The van der Waals surface area contributed by atoms with Gasteiger partial charge < -0.3 is 15.2 Å². The van der Waals surface area contributed by atoms with Crippen molar-refractivity contribution in [1.29, 1.82) is 0 Å². The van der Waals surface area contributed by atoms with Crippen LogP contribution in [-0.2, 0) is 6.54 Å². The molecule has 0 aromatic carbocycles. The van der Waals surface area contributed by atoms with Crippen LogP contribution in [0.5, 0.6) is 0 Å². The summed E-state index contributed by atoms with van der Waals surface area (Å²) in [6.07, 6.45) is 1.07. The molecule has 0 saturated carbocycles. The molecule has 0 spiro atoms. The van der Waals surface area contributed by atoms with E-state index in [2.05, 4.69) is 58.4 Å². The maximum atomic E-state index is 5.07. The monoisotopic (exact) mass is 452 g/mol. The highest BCUT2D eigenvalue weighted by Crippen LogP contribution is 2.05. The van der Waals surface area contributed by atoms with Crippen molar-refractivity contribution >= 4 is 29.9 Å². The Morgan fingerprint density at radius 2 is 1.88 bits per heavy atom. The molecule has 0 aliphatic rings. The molecule has 2 N–H and O–H groups in total. The molecule has 1 aromatic heterocycles. The third-order valence-corrected chi connectivity index (χ3v) is 3.50. The summed E-state index contributed by atoms with van der Waals surface area (Å²) in [6.45, 7) is 16.0. The van der Waals surface area contributed by atoms with Crippen molar-refractivity contribution in [3.63, 3.8) is 0 Å². The van der Waals surface area contributed by atoms with Crippen LogP contribution in [0.2, 0.25) is 0 Å². The van der Waals surface area contributed by atoms with Gasteiger partial charge in [0, 0.05) is 31.7 Å². The minimum absolute atomic E-state index is 0. The van der Waals surface area contributed by atoms with Gasteiger partial charge in [0.2, 0.25) is 5.89 Å². The summed E-state index contributed by atoms with van der Waals surface area (Å²) in [7, 11) is 0. The largest absolute Gasteiger partial charge is 0.357 e. The molecule has 8 heteroatoms. The van der Waals surface area contributed by atoms with Crippen molar-refractivity contribution in [2.24, 2.45) is 4.99 Å². The van der Waals surface area contributed by atoms with Crippen LogP contribution in [0.15, 0.2) is 9.52 Å². The van der Waals surface area contributed by atoms with E-state index in [1.807, 2.05) is 6.92 Å². The molecule has 0 amide bonds. The maximum Gasteiger partial charge on any atom is 0.248 e. The lowest BCUT2D eigenvalue weighted by Crippen LogP contribution is -2.41. The molecule has 7 nitrogen and oxygen atoms in total. The lowest BCUT2D eigenvalue weighted by molar-refractivity contribution is 0.173. The number of nitrogens with zero attached hydrogens (tertiary/aromatic N) is 4. The summed E-state index contributed by atoms with van der Waals surface area (Å²) in [5.41, 5.74) is 0. The molecular weight excluding hydrogens is 419 g/mol. The van der Waals surface area contributed by atoms with Gasteiger partial charge in [-0.05, 0) is 48.0 Å². The Kier molecular flexibility index (Phi) is 12.0. The molecule has 24 heavy (non-hydrogen) atoms. The van der Waals surface area contributed by atoms with E-state index in [-0.39, 0.29) is 24.0 Å². The summed E-state index contributed by atoms with van der Waals surface area (Å²) < 4.78 is 5.07. The molecule has 0 radical (unpaired) electrons. The summed E-state index contributed by atoms with van der Waals surface area (Å²) in [4.78, 5) is 11.1. The van der Waals surface area contributed by atoms with E-state index in [0.29, 0.717) is 30.3 Å². The van der Waals surface area contributed by atoms with Gasteiger partial charge in [-0.15, -0.1) is 24.0 Å². The van der Waals surface area contributed by atoms with E-state index < -0.39 is 0 Å². The number of guanidine groups is 1. The predicted octanol–water partition coefficient (Wildman–Crippen LogP) is 2.56. The normalized spacial score (nSPS) is 12.0. The first-order valence-electron chi connectivity index (χ1n) is 8.51. The molecule has 1 rings (SSSR count). The van der Waals surface area contributed by atoms with Gasteiger partial charge in [-0.25, -0.2) is 4.99 Å². The highest BCUT2D eigenvalue weighted by Gasteiger charge is 2.12. The van der Waals surface area contributed by atoms with Crippen LogP contribution in [0, 0.1) is 6.92 Å². The molecule has 0 bridgehead atoms. The molecule has 1 aromatic rings. The quantitative estimate of drug-likeness (QED) is 0.260. The average Bonchev–Trinajstić information content (AvgIpc) is 2.89. The Labute approximate surface area is 163 Å². The van der Waals surface area contributed by atoms with E-state index in [0.717, 1.165) is 32.0 Å². The number of rotatable bonds is 9. The minimum atomic E-state index is 0. The van der Waals surface area contributed by atoms with Crippen molar-refractivity contribution in [3.8, 4) is 0 Å². The first-order valence-corrected chi connectivity index (χ1v) is 8.51. The second-order valence-electron chi connectivity index (χ2n) is 6.14. The average molecular weight is 452 g/mol. The highest BCUT2D eigenvalue weighted by molar-refractivity contribution is 14.0. The third kappa shape index (κ3) is 8.81. The number of hydrogen-bond donors (Lipinski definition) is 2. The van der Waals surface area contributed by atoms with Gasteiger partial charge in [-0.1, -0.05) is 5.16 Å². The van der Waals surface area contributed by atoms with Gasteiger partial charge in [0.05, 0.1) is 0 Å². The van der Waals surface area contributed by atoms with Gasteiger partial charge in [0.25, 0.3) is 0 Å². The van der Waals surface area contributed by atoms with Crippen molar-refractivity contribution in [2.45, 2.75) is 66.6 Å². The number of aryl methyl sites for hydroxylation is 1. The van der Waals surface area contributed by atoms with Gasteiger partial charge >= 0.3 is 0 Å². The van der Waals surface area contributed by atoms with E-state index in [1.165, 1.54) is 0 Å². The lowest BCUT2D eigenvalue weighted by Gasteiger charge is -2.30. The van der Waals surface area contributed by atoms with Crippen molar-refractivity contribution in [2.75, 3.05) is 19.6 Å². The van der Waals surface area contributed by atoms with Crippen molar-refractivity contribution < 1.29 is 4.52 Å². The zero-order chi connectivity index (χ0) is 17.2. The van der Waals surface area contributed by atoms with Gasteiger partial charge in [0.15, 0.2) is 11.8 Å². The molecular formula is C16H33IN6O. The molecule has 0 fully saturated rings. The van der Waals surface area contributed by atoms with Crippen LogP contribution in [0.25, 0.3) is 0 Å². The molecule has 0 unspecified atom stereocenters. The molecule has 140 valence electrons. The molecule has 0 atom stereocenters. The Hall–Kier alpha value is -0.900. The fraction of sp³-hybridized carbons (Fsp3) is 0.812. The molecule has 1 heterocycles. The maximum absolute atomic E-state index is 5.07. The van der Waals surface area contributed by atoms with E-state index in [4.69, 9.17) is 4.52 Å². The van der Waals surface area contributed by atoms with Gasteiger partial charge in [-0.3, -0.25) is 4.90 Å².